The van der Waals surface area contributed by atoms with Crippen molar-refractivity contribution in [1.29, 1.82) is 0 Å². The number of aromatic nitrogens is 3. The fraction of sp³-hybridized carbons (Fsp3) is 0.227. The lowest BCUT2D eigenvalue weighted by molar-refractivity contribution is 0.186. The van der Waals surface area contributed by atoms with E-state index in [2.05, 4.69) is 4.98 Å². The van der Waals surface area contributed by atoms with Gasteiger partial charge in [-0.15, -0.1) is 0 Å². The van der Waals surface area contributed by atoms with Gasteiger partial charge in [-0.1, -0.05) is 30.3 Å². The van der Waals surface area contributed by atoms with Crippen LogP contribution in [0.1, 0.15) is 5.56 Å². The number of hydrogen-bond acceptors (Lipinski definition) is 4. The van der Waals surface area contributed by atoms with Crippen LogP contribution < -0.4 is 11.1 Å². The van der Waals surface area contributed by atoms with Crippen LogP contribution in [0.2, 0.25) is 0 Å². The first-order valence-corrected chi connectivity index (χ1v) is 9.23. The predicted molar refractivity (Wildman–Crippen MR) is 110 cm³/mol. The summed E-state index contributed by atoms with van der Waals surface area (Å²) in [6, 6.07) is 15.3. The molecule has 6 heteroatoms. The molecule has 6 nitrogen and oxygen atoms in total. The predicted octanol–water partition coefficient (Wildman–Crippen LogP) is 2.60. The molecule has 3 aromatic heterocycles. The Hall–Kier alpha value is -3.25. The summed E-state index contributed by atoms with van der Waals surface area (Å²) in [7, 11) is 1.60. The molecule has 0 bridgehead atoms. The molecule has 0 unspecified atom stereocenters. The van der Waals surface area contributed by atoms with Crippen molar-refractivity contribution in [2.75, 3.05) is 13.7 Å². The Balaban J connectivity index is 1.75. The van der Waals surface area contributed by atoms with E-state index >= 15 is 0 Å². The lowest BCUT2D eigenvalue weighted by atomic mass is 10.1. The Morgan fingerprint density at radius 3 is 2.07 bits per heavy atom. The van der Waals surface area contributed by atoms with Crippen molar-refractivity contribution in [3.05, 3.63) is 87.2 Å². The van der Waals surface area contributed by atoms with Crippen molar-refractivity contribution < 1.29 is 4.74 Å². The van der Waals surface area contributed by atoms with E-state index in [-0.39, 0.29) is 11.1 Å². The molecule has 0 saturated heterocycles. The molecule has 3 heterocycles. The third kappa shape index (κ3) is 3.46. The molecule has 0 fully saturated rings. The maximum Gasteiger partial charge on any atom is 0.260 e. The van der Waals surface area contributed by atoms with Gasteiger partial charge in [0.1, 0.15) is 0 Å². The van der Waals surface area contributed by atoms with E-state index in [9.17, 15) is 9.59 Å². The zero-order chi connectivity index (χ0) is 19.5. The van der Waals surface area contributed by atoms with Crippen LogP contribution in [0.25, 0.3) is 21.8 Å². The minimum Gasteiger partial charge on any atom is -0.383 e. The quantitative estimate of drug-likeness (QED) is 0.486. The van der Waals surface area contributed by atoms with Crippen molar-refractivity contribution in [2.45, 2.75) is 19.5 Å². The molecule has 0 spiro atoms. The van der Waals surface area contributed by atoms with E-state index in [1.807, 2.05) is 36.4 Å². The van der Waals surface area contributed by atoms with Crippen LogP contribution in [-0.2, 0) is 24.2 Å². The minimum absolute atomic E-state index is 0.130. The summed E-state index contributed by atoms with van der Waals surface area (Å²) >= 11 is 0. The molecule has 0 aliphatic carbocycles. The first kappa shape index (κ1) is 18.1. The van der Waals surface area contributed by atoms with Gasteiger partial charge in [-0.05, 0) is 30.2 Å². The van der Waals surface area contributed by atoms with Gasteiger partial charge >= 0.3 is 0 Å². The normalized spacial score (nSPS) is 11.3. The maximum absolute atomic E-state index is 13.0. The number of pyridine rings is 3. The minimum atomic E-state index is -0.164. The monoisotopic (exact) mass is 375 g/mol. The van der Waals surface area contributed by atoms with Crippen molar-refractivity contribution in [3.8, 4) is 0 Å². The van der Waals surface area contributed by atoms with Crippen LogP contribution in [0.15, 0.2) is 70.5 Å². The topological polar surface area (TPSA) is 66.1 Å². The van der Waals surface area contributed by atoms with E-state index < -0.39 is 0 Å². The van der Waals surface area contributed by atoms with Gasteiger partial charge in [-0.25, -0.2) is 4.98 Å². The number of aryl methyl sites for hydroxylation is 2. The molecular formula is C22H21N3O3. The van der Waals surface area contributed by atoms with E-state index in [4.69, 9.17) is 4.74 Å². The van der Waals surface area contributed by atoms with Gasteiger partial charge in [-0.3, -0.25) is 9.59 Å². The zero-order valence-corrected chi connectivity index (χ0v) is 15.7. The average Bonchev–Trinajstić information content (AvgIpc) is 2.73. The summed E-state index contributed by atoms with van der Waals surface area (Å²) in [5.74, 6) is 0. The number of rotatable bonds is 6. The third-order valence-corrected chi connectivity index (χ3v) is 4.91. The zero-order valence-electron chi connectivity index (χ0n) is 15.7. The summed E-state index contributed by atoms with van der Waals surface area (Å²) in [5, 5.41) is 0.911. The second-order valence-corrected chi connectivity index (χ2v) is 6.71. The lowest BCUT2D eigenvalue weighted by Gasteiger charge is -2.09. The van der Waals surface area contributed by atoms with Gasteiger partial charge < -0.3 is 13.9 Å². The Kier molecular flexibility index (Phi) is 5.04. The lowest BCUT2D eigenvalue weighted by Crippen LogP contribution is -2.23. The van der Waals surface area contributed by atoms with Gasteiger partial charge in [-0.2, -0.15) is 0 Å². The van der Waals surface area contributed by atoms with Crippen molar-refractivity contribution in [3.63, 3.8) is 0 Å². The Morgan fingerprint density at radius 1 is 0.857 bits per heavy atom. The van der Waals surface area contributed by atoms with Crippen molar-refractivity contribution in [1.82, 2.24) is 14.1 Å². The summed E-state index contributed by atoms with van der Waals surface area (Å²) in [6.07, 6.45) is 4.24. The van der Waals surface area contributed by atoms with Gasteiger partial charge in [0.2, 0.25) is 0 Å². The fourth-order valence-corrected chi connectivity index (χ4v) is 3.34. The number of fused-ring (bicyclic) bond motifs is 2. The van der Waals surface area contributed by atoms with Crippen molar-refractivity contribution in [2.24, 2.45) is 0 Å². The second-order valence-electron chi connectivity index (χ2n) is 6.71. The summed E-state index contributed by atoms with van der Waals surface area (Å²) < 4.78 is 8.31. The molecule has 0 N–H and O–H groups in total. The third-order valence-electron chi connectivity index (χ3n) is 4.91. The molecule has 4 rings (SSSR count). The molecule has 0 saturated carbocycles. The highest BCUT2D eigenvalue weighted by atomic mass is 16.5. The second kappa shape index (κ2) is 7.78. The van der Waals surface area contributed by atoms with E-state index in [0.717, 1.165) is 6.42 Å². The number of hydrogen-bond donors (Lipinski definition) is 0. The summed E-state index contributed by atoms with van der Waals surface area (Å²) in [5.41, 5.74) is 2.07. The van der Waals surface area contributed by atoms with Crippen LogP contribution >= 0.6 is 0 Å². The Labute approximate surface area is 161 Å². The van der Waals surface area contributed by atoms with Gasteiger partial charge in [0.25, 0.3) is 11.1 Å². The Bertz CT molecular complexity index is 1240. The van der Waals surface area contributed by atoms with Crippen LogP contribution in [0.4, 0.5) is 0 Å². The molecule has 0 aliphatic heterocycles. The van der Waals surface area contributed by atoms with E-state index in [0.29, 0.717) is 41.5 Å². The molecule has 4 aromatic rings. The number of ether oxygens (including phenoxy) is 1. The standard InChI is InChI=1S/C22H21N3O3/c1-28-14-13-25-12-9-20-18(22(25)27)15-17-19(23-20)8-11-24(21(17)26)10-7-16-5-3-2-4-6-16/h2-6,8-9,11-12,15H,7,10,13-14H2,1H3. The average molecular weight is 375 g/mol. The number of nitrogens with zero attached hydrogens (tertiary/aromatic N) is 3. The van der Waals surface area contributed by atoms with Crippen LogP contribution in [-0.4, -0.2) is 27.8 Å². The highest BCUT2D eigenvalue weighted by Crippen LogP contribution is 2.14. The molecule has 0 radical (unpaired) electrons. The molecule has 0 atom stereocenters. The van der Waals surface area contributed by atoms with Gasteiger partial charge in [0, 0.05) is 32.6 Å². The van der Waals surface area contributed by atoms with E-state index in [1.54, 1.807) is 40.8 Å². The van der Waals surface area contributed by atoms with Crippen LogP contribution in [0, 0.1) is 0 Å². The summed E-state index contributed by atoms with van der Waals surface area (Å²) in [4.78, 5) is 30.2. The first-order valence-electron chi connectivity index (χ1n) is 9.23. The Morgan fingerprint density at radius 2 is 1.46 bits per heavy atom. The molecule has 0 amide bonds. The largest absolute Gasteiger partial charge is 0.383 e. The summed E-state index contributed by atoms with van der Waals surface area (Å²) in [6.45, 7) is 1.47. The molecule has 0 aliphatic rings. The molecule has 1 aromatic carbocycles. The number of benzene rings is 1. The SMILES string of the molecule is COCCn1ccc2nc3ccn(CCc4ccccc4)c(=O)c3cc2c1=O. The smallest absolute Gasteiger partial charge is 0.260 e. The van der Waals surface area contributed by atoms with E-state index in [1.165, 1.54) is 5.56 Å². The number of methoxy groups -OCH3 is 1. The van der Waals surface area contributed by atoms with Crippen molar-refractivity contribution >= 4 is 21.8 Å². The molecular weight excluding hydrogens is 354 g/mol. The van der Waals surface area contributed by atoms with Gasteiger partial charge in [0.05, 0.1) is 28.4 Å². The van der Waals surface area contributed by atoms with Gasteiger partial charge in [0.15, 0.2) is 0 Å². The van der Waals surface area contributed by atoms with Crippen LogP contribution in [0.5, 0.6) is 0 Å². The highest BCUT2D eigenvalue weighted by Gasteiger charge is 2.10. The fourth-order valence-electron chi connectivity index (χ4n) is 3.34. The highest BCUT2D eigenvalue weighted by molar-refractivity contribution is 5.91. The maximum atomic E-state index is 13.0. The first-order chi connectivity index (χ1) is 13.7. The molecule has 28 heavy (non-hydrogen) atoms. The van der Waals surface area contributed by atoms with Crippen LogP contribution in [0.3, 0.4) is 0 Å². The molecule has 142 valence electrons.